The SMILES string of the molecule is COc1c(O)c(C=O)c2c(c1C(C)C)C(=O)[C@@]1(C)CC=C(C)C(CC=C(C)C)[C@H]1C2=O. The molecule has 2 aliphatic rings. The highest BCUT2D eigenvalue weighted by molar-refractivity contribution is 6.22. The van der Waals surface area contributed by atoms with Gasteiger partial charge in [0.05, 0.1) is 12.7 Å². The predicted molar refractivity (Wildman–Crippen MR) is 120 cm³/mol. The minimum Gasteiger partial charge on any atom is -0.504 e. The van der Waals surface area contributed by atoms with Gasteiger partial charge in [-0.1, -0.05) is 44.1 Å². The molecule has 0 bridgehead atoms. The Morgan fingerprint density at radius 2 is 1.94 bits per heavy atom. The average molecular weight is 425 g/mol. The quantitative estimate of drug-likeness (QED) is 0.487. The fourth-order valence-corrected chi connectivity index (χ4v) is 5.31. The second-order valence-electron chi connectivity index (χ2n) is 9.60. The lowest BCUT2D eigenvalue weighted by Crippen LogP contribution is -2.51. The number of ether oxygens (including phenoxy) is 1. The van der Waals surface area contributed by atoms with Gasteiger partial charge in [-0.15, -0.1) is 0 Å². The van der Waals surface area contributed by atoms with Gasteiger partial charge in [0.15, 0.2) is 29.4 Å². The van der Waals surface area contributed by atoms with E-state index >= 15 is 0 Å². The molecule has 1 N–H and O–H groups in total. The van der Waals surface area contributed by atoms with Crippen molar-refractivity contribution in [2.45, 2.75) is 60.3 Å². The van der Waals surface area contributed by atoms with Crippen molar-refractivity contribution in [2.24, 2.45) is 17.3 Å². The summed E-state index contributed by atoms with van der Waals surface area (Å²) in [7, 11) is 1.39. The molecule has 166 valence electrons. The summed E-state index contributed by atoms with van der Waals surface area (Å²) < 4.78 is 5.41. The van der Waals surface area contributed by atoms with Crippen LogP contribution in [-0.2, 0) is 0 Å². The molecule has 0 spiro atoms. The summed E-state index contributed by atoms with van der Waals surface area (Å²) in [6.45, 7) is 11.6. The number of rotatable bonds is 5. The van der Waals surface area contributed by atoms with Crippen LogP contribution in [0.15, 0.2) is 23.3 Å². The third-order valence-corrected chi connectivity index (χ3v) is 6.98. The molecular weight excluding hydrogens is 392 g/mol. The van der Waals surface area contributed by atoms with Crippen LogP contribution in [0.1, 0.15) is 96.9 Å². The van der Waals surface area contributed by atoms with E-state index in [9.17, 15) is 19.5 Å². The van der Waals surface area contributed by atoms with Gasteiger partial charge in [-0.25, -0.2) is 0 Å². The zero-order valence-electron chi connectivity index (χ0n) is 19.5. The van der Waals surface area contributed by atoms with Crippen LogP contribution >= 0.6 is 0 Å². The molecule has 3 atom stereocenters. The first-order valence-electron chi connectivity index (χ1n) is 10.8. The number of fused-ring (bicyclic) bond motifs is 2. The van der Waals surface area contributed by atoms with E-state index in [4.69, 9.17) is 4.74 Å². The Morgan fingerprint density at radius 3 is 2.45 bits per heavy atom. The summed E-state index contributed by atoms with van der Waals surface area (Å²) in [5.74, 6) is -1.56. The summed E-state index contributed by atoms with van der Waals surface area (Å²) in [6.07, 6.45) is 5.74. The van der Waals surface area contributed by atoms with Crippen molar-refractivity contribution in [1.29, 1.82) is 0 Å². The lowest BCUT2D eigenvalue weighted by molar-refractivity contribution is 0.0480. The van der Waals surface area contributed by atoms with E-state index in [1.54, 1.807) is 0 Å². The van der Waals surface area contributed by atoms with Crippen molar-refractivity contribution < 1.29 is 24.2 Å². The maximum atomic E-state index is 14.0. The number of ketones is 2. The first kappa shape index (κ1) is 23.0. The van der Waals surface area contributed by atoms with Crippen molar-refractivity contribution in [3.63, 3.8) is 0 Å². The summed E-state index contributed by atoms with van der Waals surface area (Å²) in [6, 6.07) is 0. The number of allylic oxidation sites excluding steroid dienone is 4. The topological polar surface area (TPSA) is 80.7 Å². The van der Waals surface area contributed by atoms with Crippen molar-refractivity contribution in [2.75, 3.05) is 7.11 Å². The number of hydrogen-bond donors (Lipinski definition) is 1. The van der Waals surface area contributed by atoms with Crippen molar-refractivity contribution in [3.05, 3.63) is 45.6 Å². The summed E-state index contributed by atoms with van der Waals surface area (Å²) in [4.78, 5) is 40.0. The number of aromatic hydroxyl groups is 1. The van der Waals surface area contributed by atoms with Crippen LogP contribution in [0.4, 0.5) is 0 Å². The van der Waals surface area contributed by atoms with Crippen molar-refractivity contribution >= 4 is 17.9 Å². The van der Waals surface area contributed by atoms with E-state index in [-0.39, 0.29) is 51.6 Å². The average Bonchev–Trinajstić information content (AvgIpc) is 2.71. The molecule has 0 amide bonds. The van der Waals surface area contributed by atoms with Gasteiger partial charge in [0, 0.05) is 28.0 Å². The first-order valence-corrected chi connectivity index (χ1v) is 10.8. The van der Waals surface area contributed by atoms with E-state index in [2.05, 4.69) is 12.2 Å². The van der Waals surface area contributed by atoms with E-state index < -0.39 is 11.3 Å². The smallest absolute Gasteiger partial charge is 0.170 e. The molecule has 5 heteroatoms. The third-order valence-electron chi connectivity index (χ3n) is 6.98. The maximum absolute atomic E-state index is 14.0. The minimum absolute atomic E-state index is 0.0568. The van der Waals surface area contributed by atoms with E-state index in [1.165, 1.54) is 7.11 Å². The van der Waals surface area contributed by atoms with Gasteiger partial charge in [-0.3, -0.25) is 14.4 Å². The Labute approximate surface area is 184 Å². The lowest BCUT2D eigenvalue weighted by atomic mass is 9.53. The Hall–Kier alpha value is -2.69. The highest BCUT2D eigenvalue weighted by atomic mass is 16.5. The molecule has 1 aromatic rings. The number of carbonyl (C=O) groups excluding carboxylic acids is 3. The van der Waals surface area contributed by atoms with Crippen molar-refractivity contribution in [3.8, 4) is 11.5 Å². The van der Waals surface area contributed by atoms with Gasteiger partial charge >= 0.3 is 0 Å². The molecule has 0 fully saturated rings. The molecule has 0 saturated carbocycles. The molecule has 0 aliphatic heterocycles. The van der Waals surface area contributed by atoms with Crippen LogP contribution in [0.2, 0.25) is 0 Å². The van der Waals surface area contributed by atoms with Crippen molar-refractivity contribution in [1.82, 2.24) is 0 Å². The van der Waals surface area contributed by atoms with Gasteiger partial charge in [0.1, 0.15) is 0 Å². The molecule has 3 rings (SSSR count). The molecular formula is C26H32O5. The number of Topliss-reactive ketones (excluding diaryl/α,β-unsaturated/α-hetero) is 2. The normalized spacial score (nSPS) is 25.0. The molecule has 1 aromatic carbocycles. The molecule has 5 nitrogen and oxygen atoms in total. The van der Waals surface area contributed by atoms with E-state index in [0.29, 0.717) is 24.7 Å². The number of phenols is 1. The van der Waals surface area contributed by atoms with Crippen LogP contribution in [0.3, 0.4) is 0 Å². The molecule has 0 heterocycles. The van der Waals surface area contributed by atoms with Crippen LogP contribution < -0.4 is 4.74 Å². The summed E-state index contributed by atoms with van der Waals surface area (Å²) in [5.41, 5.74) is 1.96. The number of aldehydes is 1. The number of hydrogen-bond acceptors (Lipinski definition) is 5. The molecule has 0 aromatic heterocycles. The Bertz CT molecular complexity index is 1020. The number of phenolic OH excluding ortho intramolecular Hbond substituents is 1. The van der Waals surface area contributed by atoms with Gasteiger partial charge < -0.3 is 9.84 Å². The van der Waals surface area contributed by atoms with E-state index in [1.807, 2.05) is 41.5 Å². The molecule has 1 unspecified atom stereocenters. The third kappa shape index (κ3) is 3.35. The van der Waals surface area contributed by atoms with Gasteiger partial charge in [-0.05, 0) is 45.4 Å². The Balaban J connectivity index is 2.38. The van der Waals surface area contributed by atoms with Crippen LogP contribution in [0.5, 0.6) is 11.5 Å². The summed E-state index contributed by atoms with van der Waals surface area (Å²) >= 11 is 0. The van der Waals surface area contributed by atoms with Crippen LogP contribution in [-0.4, -0.2) is 30.1 Å². The van der Waals surface area contributed by atoms with Gasteiger partial charge in [-0.2, -0.15) is 0 Å². The second kappa shape index (κ2) is 8.10. The number of carbonyl (C=O) groups is 3. The lowest BCUT2D eigenvalue weighted by Gasteiger charge is -2.47. The largest absolute Gasteiger partial charge is 0.504 e. The molecule has 0 saturated heterocycles. The highest BCUT2D eigenvalue weighted by Gasteiger charge is 2.56. The first-order chi connectivity index (χ1) is 14.5. The molecule has 0 radical (unpaired) electrons. The summed E-state index contributed by atoms with van der Waals surface area (Å²) in [5, 5.41) is 10.8. The van der Waals surface area contributed by atoms with Crippen LogP contribution in [0.25, 0.3) is 0 Å². The zero-order valence-corrected chi connectivity index (χ0v) is 19.5. The number of methoxy groups -OCH3 is 1. The monoisotopic (exact) mass is 424 g/mol. The van der Waals surface area contributed by atoms with Gasteiger partial charge in [0.25, 0.3) is 0 Å². The maximum Gasteiger partial charge on any atom is 0.170 e. The van der Waals surface area contributed by atoms with Gasteiger partial charge in [0.2, 0.25) is 0 Å². The van der Waals surface area contributed by atoms with E-state index in [0.717, 1.165) is 11.1 Å². The highest BCUT2D eigenvalue weighted by Crippen LogP contribution is 2.55. The molecule has 31 heavy (non-hydrogen) atoms. The zero-order chi connectivity index (χ0) is 23.2. The number of benzene rings is 1. The Morgan fingerprint density at radius 1 is 1.29 bits per heavy atom. The van der Waals surface area contributed by atoms with Crippen LogP contribution in [0, 0.1) is 17.3 Å². The predicted octanol–water partition coefficient (Wildman–Crippen LogP) is 5.66. The Kier molecular flexibility index (Phi) is 6.01. The standard InChI is InChI=1S/C26H32O5/c1-13(2)8-9-16-15(5)10-11-26(6)21(16)23(29)19-17(12-27)22(28)24(31-7)18(14(3)4)20(19)25(26)30/h8,10,12,14,16,21,28H,9,11H2,1-7H3/t16?,21-,26-/m0/s1. The minimum atomic E-state index is -0.907. The fourth-order valence-electron chi connectivity index (χ4n) is 5.31. The second-order valence-corrected chi connectivity index (χ2v) is 9.60. The fraction of sp³-hybridized carbons (Fsp3) is 0.500. The molecule has 2 aliphatic carbocycles.